The smallest absolute Gasteiger partial charge is 0.291 e. The van der Waals surface area contributed by atoms with Gasteiger partial charge in [-0.3, -0.25) is 10.2 Å². The molecule has 4 aliphatic heterocycles. The first kappa shape index (κ1) is 13.6. The van der Waals surface area contributed by atoms with Gasteiger partial charge in [-0.05, 0) is 38.1 Å². The lowest BCUT2D eigenvalue weighted by Crippen LogP contribution is -2.61. The van der Waals surface area contributed by atoms with Gasteiger partial charge in [0.15, 0.2) is 0 Å². The van der Waals surface area contributed by atoms with Crippen molar-refractivity contribution < 1.29 is 4.74 Å². The molecule has 112 valence electrons. The highest BCUT2D eigenvalue weighted by molar-refractivity contribution is 6.34. The van der Waals surface area contributed by atoms with E-state index in [1.807, 2.05) is 0 Å². The van der Waals surface area contributed by atoms with E-state index in [1.165, 1.54) is 25.9 Å². The molecule has 5 nitrogen and oxygen atoms in total. The summed E-state index contributed by atoms with van der Waals surface area (Å²) >= 11 is 11.9. The van der Waals surface area contributed by atoms with Crippen molar-refractivity contribution in [1.82, 2.24) is 9.88 Å². The molecule has 5 rings (SSSR count). The number of rotatable bonds is 1. The minimum Gasteiger partial charge on any atom is -0.455 e. The molecule has 0 radical (unpaired) electrons. The number of amidine groups is 1. The SMILES string of the molecule is Clc1cc(Cl)nc(NC2=NCC3(CN4CCC3CC4)O2)c1. The summed E-state index contributed by atoms with van der Waals surface area (Å²) in [6.45, 7) is 4.05. The van der Waals surface area contributed by atoms with Crippen LogP contribution < -0.4 is 5.32 Å². The normalized spacial score (nSPS) is 33.9. The third kappa shape index (κ3) is 2.47. The molecular formula is C14H16Cl2N4O. The molecule has 1 atom stereocenters. The van der Waals surface area contributed by atoms with Gasteiger partial charge in [0, 0.05) is 17.5 Å². The Hall–Kier alpha value is -1.04. The van der Waals surface area contributed by atoms with E-state index in [2.05, 4.69) is 20.2 Å². The lowest BCUT2D eigenvalue weighted by atomic mass is 9.75. The number of aliphatic imine (C=N–C) groups is 1. The predicted octanol–water partition coefficient (Wildman–Crippen LogP) is 2.65. The van der Waals surface area contributed by atoms with Crippen LogP contribution in [0.15, 0.2) is 17.1 Å². The van der Waals surface area contributed by atoms with Crippen molar-refractivity contribution in [1.29, 1.82) is 0 Å². The van der Waals surface area contributed by atoms with Crippen LogP contribution in [0.5, 0.6) is 0 Å². The Kier molecular flexibility index (Phi) is 3.24. The standard InChI is InChI=1S/C14H16Cl2N4O/c15-10-5-11(16)18-12(6-10)19-13-17-7-14(21-13)8-20-3-1-9(14)2-4-20/h5-6,9H,1-4,7-8H2,(H,17,18,19). The van der Waals surface area contributed by atoms with Crippen LogP contribution in [-0.2, 0) is 4.74 Å². The average Bonchev–Trinajstić information content (AvgIpc) is 2.81. The molecule has 1 spiro atoms. The van der Waals surface area contributed by atoms with Crippen LogP contribution in [0.25, 0.3) is 0 Å². The van der Waals surface area contributed by atoms with Gasteiger partial charge in [0.2, 0.25) is 0 Å². The predicted molar refractivity (Wildman–Crippen MR) is 83.2 cm³/mol. The van der Waals surface area contributed by atoms with Gasteiger partial charge in [0.25, 0.3) is 6.02 Å². The first-order valence-corrected chi connectivity index (χ1v) is 7.94. The molecule has 3 fully saturated rings. The van der Waals surface area contributed by atoms with Crippen molar-refractivity contribution in [3.63, 3.8) is 0 Å². The zero-order valence-electron chi connectivity index (χ0n) is 11.5. The van der Waals surface area contributed by atoms with Crippen LogP contribution >= 0.6 is 23.2 Å². The number of anilines is 1. The molecular weight excluding hydrogens is 311 g/mol. The first-order valence-electron chi connectivity index (χ1n) is 7.19. The van der Waals surface area contributed by atoms with Gasteiger partial charge in [-0.1, -0.05) is 23.2 Å². The summed E-state index contributed by atoms with van der Waals surface area (Å²) in [5.41, 5.74) is -0.152. The molecule has 4 aliphatic rings. The number of aromatic nitrogens is 1. The second-order valence-corrected chi connectivity index (χ2v) is 6.78. The summed E-state index contributed by atoms with van der Waals surface area (Å²) in [6, 6.07) is 3.83. The fraction of sp³-hybridized carbons (Fsp3) is 0.571. The van der Waals surface area contributed by atoms with Crippen molar-refractivity contribution >= 4 is 35.0 Å². The van der Waals surface area contributed by atoms with Crippen molar-refractivity contribution in [3.05, 3.63) is 22.3 Å². The van der Waals surface area contributed by atoms with Crippen molar-refractivity contribution in [3.8, 4) is 0 Å². The highest BCUT2D eigenvalue weighted by atomic mass is 35.5. The molecule has 1 unspecified atom stereocenters. The van der Waals surface area contributed by atoms with Gasteiger partial charge in [0.1, 0.15) is 16.6 Å². The van der Waals surface area contributed by atoms with Gasteiger partial charge in [-0.15, -0.1) is 0 Å². The number of ether oxygens (including phenoxy) is 1. The van der Waals surface area contributed by atoms with E-state index in [9.17, 15) is 0 Å². The number of nitrogens with zero attached hydrogens (tertiary/aromatic N) is 3. The molecule has 1 aromatic heterocycles. The van der Waals surface area contributed by atoms with Gasteiger partial charge < -0.3 is 4.74 Å². The molecule has 7 heteroatoms. The topological polar surface area (TPSA) is 49.8 Å². The van der Waals surface area contributed by atoms with Crippen molar-refractivity contribution in [2.75, 3.05) is 31.5 Å². The number of pyridine rings is 1. The maximum atomic E-state index is 6.18. The van der Waals surface area contributed by atoms with E-state index < -0.39 is 0 Å². The lowest BCUT2D eigenvalue weighted by molar-refractivity contribution is -0.0829. The monoisotopic (exact) mass is 326 g/mol. The Morgan fingerprint density at radius 3 is 2.76 bits per heavy atom. The fourth-order valence-electron chi connectivity index (χ4n) is 3.59. The molecule has 0 saturated carbocycles. The van der Waals surface area contributed by atoms with Gasteiger partial charge in [-0.25, -0.2) is 9.98 Å². The number of hydrogen-bond acceptors (Lipinski definition) is 5. The Morgan fingerprint density at radius 2 is 2.10 bits per heavy atom. The largest absolute Gasteiger partial charge is 0.455 e. The third-order valence-corrected chi connectivity index (χ3v) is 5.02. The summed E-state index contributed by atoms with van der Waals surface area (Å²) in [7, 11) is 0. The number of piperidine rings is 3. The Balaban J connectivity index is 1.49. The first-order chi connectivity index (χ1) is 10.1. The van der Waals surface area contributed by atoms with Gasteiger partial charge >= 0.3 is 0 Å². The molecule has 1 aromatic rings. The number of fused-ring (bicyclic) bond motifs is 2. The van der Waals surface area contributed by atoms with E-state index in [-0.39, 0.29) is 5.60 Å². The highest BCUT2D eigenvalue weighted by Crippen LogP contribution is 2.40. The molecule has 0 aromatic carbocycles. The van der Waals surface area contributed by atoms with Crippen molar-refractivity contribution in [2.24, 2.45) is 10.9 Å². The van der Waals surface area contributed by atoms with E-state index in [0.29, 0.717) is 34.5 Å². The maximum Gasteiger partial charge on any atom is 0.291 e. The quantitative estimate of drug-likeness (QED) is 0.806. The number of nitrogens with one attached hydrogen (secondary N) is 1. The average molecular weight is 327 g/mol. The van der Waals surface area contributed by atoms with Crippen molar-refractivity contribution in [2.45, 2.75) is 18.4 Å². The van der Waals surface area contributed by atoms with Crippen LogP contribution in [0.2, 0.25) is 10.2 Å². The van der Waals surface area contributed by atoms with E-state index in [4.69, 9.17) is 27.9 Å². The zero-order valence-corrected chi connectivity index (χ0v) is 13.0. The molecule has 3 saturated heterocycles. The lowest BCUT2D eigenvalue weighted by Gasteiger charge is -2.50. The summed E-state index contributed by atoms with van der Waals surface area (Å²) in [5.74, 6) is 1.16. The van der Waals surface area contributed by atoms with Gasteiger partial charge in [-0.2, -0.15) is 0 Å². The van der Waals surface area contributed by atoms with E-state index in [0.717, 1.165) is 6.54 Å². The van der Waals surface area contributed by atoms with E-state index in [1.54, 1.807) is 12.1 Å². The summed E-state index contributed by atoms with van der Waals surface area (Å²) < 4.78 is 6.18. The molecule has 0 amide bonds. The highest BCUT2D eigenvalue weighted by Gasteiger charge is 2.51. The zero-order chi connectivity index (χ0) is 14.4. The van der Waals surface area contributed by atoms with Crippen LogP contribution in [0.4, 0.5) is 5.82 Å². The second kappa shape index (κ2) is 5.00. The second-order valence-electron chi connectivity index (χ2n) is 5.96. The summed E-state index contributed by atoms with van der Waals surface area (Å²) in [4.78, 5) is 11.2. The van der Waals surface area contributed by atoms with Crippen LogP contribution in [0.1, 0.15) is 12.8 Å². The molecule has 1 N–H and O–H groups in total. The Morgan fingerprint density at radius 1 is 1.29 bits per heavy atom. The van der Waals surface area contributed by atoms with Gasteiger partial charge in [0.05, 0.1) is 6.54 Å². The Bertz CT molecular complexity index is 580. The van der Waals surface area contributed by atoms with Crippen LogP contribution in [-0.4, -0.2) is 47.7 Å². The van der Waals surface area contributed by atoms with Crippen LogP contribution in [0.3, 0.4) is 0 Å². The minimum absolute atomic E-state index is 0.152. The summed E-state index contributed by atoms with van der Waals surface area (Å²) in [5, 5.41) is 3.97. The third-order valence-electron chi connectivity index (χ3n) is 4.61. The van der Waals surface area contributed by atoms with E-state index >= 15 is 0 Å². The minimum atomic E-state index is -0.152. The summed E-state index contributed by atoms with van der Waals surface area (Å²) in [6.07, 6.45) is 2.40. The molecule has 2 bridgehead atoms. The van der Waals surface area contributed by atoms with Crippen LogP contribution in [0, 0.1) is 5.92 Å². The molecule has 5 heterocycles. The maximum absolute atomic E-state index is 6.18. The number of halogens is 2. The Labute approximate surface area is 133 Å². The molecule has 0 aliphatic carbocycles. The molecule has 21 heavy (non-hydrogen) atoms. The fourth-order valence-corrected chi connectivity index (χ4v) is 4.06. The number of hydrogen-bond donors (Lipinski definition) is 1.